The van der Waals surface area contributed by atoms with E-state index in [2.05, 4.69) is 20.8 Å². The molecule has 3 N–H and O–H groups in total. The molecule has 3 heteroatoms. The molecule has 0 aromatic heterocycles. The minimum Gasteiger partial charge on any atom is -0.396 e. The Labute approximate surface area is 110 Å². The van der Waals surface area contributed by atoms with Crippen LogP contribution in [0.25, 0.3) is 0 Å². The van der Waals surface area contributed by atoms with Gasteiger partial charge in [0.2, 0.25) is 0 Å². The summed E-state index contributed by atoms with van der Waals surface area (Å²) in [5, 5.41) is 29.5. The number of aliphatic hydroxyl groups excluding tert-OH is 3. The second-order valence-corrected chi connectivity index (χ2v) is 7.24. The van der Waals surface area contributed by atoms with Crippen molar-refractivity contribution in [1.29, 1.82) is 0 Å². The van der Waals surface area contributed by atoms with Crippen LogP contribution in [-0.4, -0.2) is 34.6 Å². The van der Waals surface area contributed by atoms with Gasteiger partial charge in [-0.05, 0) is 54.3 Å². The van der Waals surface area contributed by atoms with Crippen LogP contribution in [0, 0.1) is 28.6 Å². The van der Waals surface area contributed by atoms with E-state index in [4.69, 9.17) is 0 Å². The highest BCUT2D eigenvalue weighted by Gasteiger charge is 2.56. The van der Waals surface area contributed by atoms with Gasteiger partial charge in [0, 0.05) is 13.2 Å². The first kappa shape index (κ1) is 14.3. The Balaban J connectivity index is 2.33. The Kier molecular flexibility index (Phi) is 3.79. The van der Waals surface area contributed by atoms with Crippen molar-refractivity contribution in [3.63, 3.8) is 0 Å². The number of hydrogen-bond acceptors (Lipinski definition) is 3. The molecule has 2 fully saturated rings. The van der Waals surface area contributed by atoms with Crippen LogP contribution in [-0.2, 0) is 0 Å². The summed E-state index contributed by atoms with van der Waals surface area (Å²) in [6, 6.07) is 0. The molecule has 0 aliphatic heterocycles. The van der Waals surface area contributed by atoms with Crippen LogP contribution in [0.2, 0.25) is 0 Å². The zero-order valence-corrected chi connectivity index (χ0v) is 11.9. The molecule has 0 heterocycles. The van der Waals surface area contributed by atoms with Crippen molar-refractivity contribution >= 4 is 0 Å². The molecule has 0 amide bonds. The van der Waals surface area contributed by atoms with Crippen LogP contribution in [0.4, 0.5) is 0 Å². The predicted octanol–water partition coefficient (Wildman–Crippen LogP) is 1.80. The van der Waals surface area contributed by atoms with E-state index in [0.29, 0.717) is 5.92 Å². The Morgan fingerprint density at radius 2 is 1.67 bits per heavy atom. The number of aliphatic hydroxyl groups is 3. The number of hydrogen-bond donors (Lipinski definition) is 3. The zero-order chi connectivity index (χ0) is 13.6. The van der Waals surface area contributed by atoms with Crippen LogP contribution < -0.4 is 0 Å². The fraction of sp³-hybridized carbons (Fsp3) is 1.00. The summed E-state index contributed by atoms with van der Waals surface area (Å²) in [6.45, 7) is 6.91. The molecule has 0 aromatic carbocycles. The molecule has 106 valence electrons. The molecule has 2 aliphatic rings. The van der Waals surface area contributed by atoms with Crippen molar-refractivity contribution in [1.82, 2.24) is 0 Å². The lowest BCUT2D eigenvalue weighted by Crippen LogP contribution is -2.57. The Morgan fingerprint density at radius 1 is 1.00 bits per heavy atom. The highest BCUT2D eigenvalue weighted by atomic mass is 16.3. The molecular formula is C15H28O3. The van der Waals surface area contributed by atoms with Gasteiger partial charge in [0.1, 0.15) is 0 Å². The van der Waals surface area contributed by atoms with Crippen molar-refractivity contribution in [2.24, 2.45) is 28.6 Å². The normalized spacial score (nSPS) is 47.7. The van der Waals surface area contributed by atoms with E-state index in [-0.39, 0.29) is 42.0 Å². The lowest BCUT2D eigenvalue weighted by atomic mass is 9.46. The Bertz CT molecular complexity index is 302. The van der Waals surface area contributed by atoms with Crippen molar-refractivity contribution in [3.8, 4) is 0 Å². The van der Waals surface area contributed by atoms with Crippen molar-refractivity contribution < 1.29 is 15.3 Å². The molecule has 2 rings (SSSR count). The van der Waals surface area contributed by atoms with Gasteiger partial charge < -0.3 is 15.3 Å². The van der Waals surface area contributed by atoms with Gasteiger partial charge >= 0.3 is 0 Å². The molecule has 0 saturated heterocycles. The Morgan fingerprint density at radius 3 is 2.22 bits per heavy atom. The lowest BCUT2D eigenvalue weighted by Gasteiger charge is -2.60. The van der Waals surface area contributed by atoms with Gasteiger partial charge in [-0.1, -0.05) is 20.8 Å². The minimum absolute atomic E-state index is 0.0587. The van der Waals surface area contributed by atoms with Crippen LogP contribution in [0.5, 0.6) is 0 Å². The average molecular weight is 256 g/mol. The van der Waals surface area contributed by atoms with Gasteiger partial charge in [-0.25, -0.2) is 0 Å². The summed E-state index contributed by atoms with van der Waals surface area (Å²) in [5.41, 5.74) is -0.0238. The van der Waals surface area contributed by atoms with E-state index in [0.717, 1.165) is 25.7 Å². The molecule has 0 aromatic rings. The van der Waals surface area contributed by atoms with Gasteiger partial charge in [-0.3, -0.25) is 0 Å². The molecule has 3 nitrogen and oxygen atoms in total. The van der Waals surface area contributed by atoms with Crippen molar-refractivity contribution in [3.05, 3.63) is 0 Å². The second kappa shape index (κ2) is 4.77. The fourth-order valence-corrected chi connectivity index (χ4v) is 4.92. The largest absolute Gasteiger partial charge is 0.396 e. The van der Waals surface area contributed by atoms with Gasteiger partial charge in [-0.2, -0.15) is 0 Å². The standard InChI is InChI=1S/C15H28O3/c1-14(2)12-5-4-10(8-16)11(9-17)15(12,3)7-6-13(14)18/h10-13,16-18H,4-9H2,1-3H3/t10-,11+,12-,13-,15-/m1/s1. The Hall–Kier alpha value is -0.120. The van der Waals surface area contributed by atoms with Crippen LogP contribution in [0.15, 0.2) is 0 Å². The van der Waals surface area contributed by atoms with Crippen LogP contribution in [0.3, 0.4) is 0 Å². The fourth-order valence-electron chi connectivity index (χ4n) is 4.92. The highest BCUT2D eigenvalue weighted by Crippen LogP contribution is 2.60. The third-order valence-corrected chi connectivity index (χ3v) is 6.18. The molecule has 0 spiro atoms. The molecular weight excluding hydrogens is 228 g/mol. The summed E-state index contributed by atoms with van der Waals surface area (Å²) >= 11 is 0. The monoisotopic (exact) mass is 256 g/mol. The first-order valence-corrected chi connectivity index (χ1v) is 7.27. The first-order valence-electron chi connectivity index (χ1n) is 7.27. The molecule has 0 bridgehead atoms. The average Bonchev–Trinajstić information content (AvgIpc) is 2.33. The van der Waals surface area contributed by atoms with Crippen LogP contribution >= 0.6 is 0 Å². The number of fused-ring (bicyclic) bond motifs is 1. The summed E-state index contributed by atoms with van der Waals surface area (Å²) in [4.78, 5) is 0. The molecule has 0 radical (unpaired) electrons. The van der Waals surface area contributed by atoms with Gasteiger partial charge in [0.15, 0.2) is 0 Å². The van der Waals surface area contributed by atoms with Gasteiger partial charge in [0.25, 0.3) is 0 Å². The number of rotatable bonds is 2. The van der Waals surface area contributed by atoms with E-state index in [1.807, 2.05) is 0 Å². The van der Waals surface area contributed by atoms with E-state index >= 15 is 0 Å². The summed E-state index contributed by atoms with van der Waals surface area (Å²) < 4.78 is 0. The second-order valence-electron chi connectivity index (χ2n) is 7.24. The topological polar surface area (TPSA) is 60.7 Å². The third kappa shape index (κ3) is 1.91. The maximum atomic E-state index is 10.3. The predicted molar refractivity (Wildman–Crippen MR) is 71.0 cm³/mol. The summed E-state index contributed by atoms with van der Waals surface area (Å²) in [6.07, 6.45) is 3.57. The van der Waals surface area contributed by atoms with Crippen molar-refractivity contribution in [2.45, 2.75) is 52.6 Å². The van der Waals surface area contributed by atoms with Gasteiger partial charge in [-0.15, -0.1) is 0 Å². The molecule has 5 atom stereocenters. The molecule has 2 aliphatic carbocycles. The van der Waals surface area contributed by atoms with E-state index < -0.39 is 0 Å². The SMILES string of the molecule is CC1(C)[C@H](O)CC[C@@]2(C)[C@@H]1CC[C@H](CO)[C@@H]2CO. The molecule has 0 unspecified atom stereocenters. The molecule has 2 saturated carbocycles. The zero-order valence-electron chi connectivity index (χ0n) is 11.9. The minimum atomic E-state index is -0.236. The smallest absolute Gasteiger partial charge is 0.0594 e. The quantitative estimate of drug-likeness (QED) is 0.706. The third-order valence-electron chi connectivity index (χ3n) is 6.18. The van der Waals surface area contributed by atoms with Gasteiger partial charge in [0.05, 0.1) is 6.10 Å². The summed E-state index contributed by atoms with van der Waals surface area (Å²) in [7, 11) is 0. The lowest BCUT2D eigenvalue weighted by molar-refractivity contribution is -0.162. The summed E-state index contributed by atoms with van der Waals surface area (Å²) in [5.74, 6) is 0.837. The van der Waals surface area contributed by atoms with E-state index in [1.54, 1.807) is 0 Å². The molecule has 18 heavy (non-hydrogen) atoms. The van der Waals surface area contributed by atoms with Crippen LogP contribution in [0.1, 0.15) is 46.5 Å². The highest BCUT2D eigenvalue weighted by molar-refractivity contribution is 5.05. The maximum Gasteiger partial charge on any atom is 0.0594 e. The maximum absolute atomic E-state index is 10.3. The van der Waals surface area contributed by atoms with E-state index in [9.17, 15) is 15.3 Å². The van der Waals surface area contributed by atoms with E-state index in [1.165, 1.54) is 0 Å². The van der Waals surface area contributed by atoms with Crippen molar-refractivity contribution in [2.75, 3.05) is 13.2 Å². The first-order chi connectivity index (χ1) is 8.37.